The summed E-state index contributed by atoms with van der Waals surface area (Å²) in [5.41, 5.74) is 0. The number of carboxylic acid groups (broad SMARTS) is 1. The molecule has 1 aliphatic rings. The summed E-state index contributed by atoms with van der Waals surface area (Å²) in [6.45, 7) is 2.17. The average Bonchev–Trinajstić information content (AvgIpc) is 2.93. The van der Waals surface area contributed by atoms with Crippen molar-refractivity contribution in [1.82, 2.24) is 0 Å². The highest BCUT2D eigenvalue weighted by molar-refractivity contribution is 5.66. The van der Waals surface area contributed by atoms with Crippen LogP contribution in [-0.2, 0) is 4.79 Å². The SMILES string of the molecule is CCC=CCCC=C[C@H]1CCC[C@@H]1CC=CCCCC(=O)O. The summed E-state index contributed by atoms with van der Waals surface area (Å²) >= 11 is 0. The minimum absolute atomic E-state index is 0.283. The second-order valence-electron chi connectivity index (χ2n) is 6.23. The molecule has 0 aromatic heterocycles. The van der Waals surface area contributed by atoms with Gasteiger partial charge in [-0.1, -0.05) is 49.8 Å². The van der Waals surface area contributed by atoms with E-state index >= 15 is 0 Å². The molecule has 0 aliphatic heterocycles. The van der Waals surface area contributed by atoms with Crippen molar-refractivity contribution >= 4 is 5.97 Å². The Kier molecular flexibility index (Phi) is 10.4. The van der Waals surface area contributed by atoms with Crippen LogP contribution in [0.4, 0.5) is 0 Å². The highest BCUT2D eigenvalue weighted by atomic mass is 16.4. The van der Waals surface area contributed by atoms with Gasteiger partial charge in [0.15, 0.2) is 0 Å². The standard InChI is InChI=1S/C20H32O2/c1-2-3-4-5-6-9-13-18-15-12-16-19(18)14-10-7-8-11-17-20(21)22/h3-4,7,9-10,13,18-19H,2,5-6,8,11-12,14-17H2,1H3,(H,21,22)/t18-,19-/m0/s1. The summed E-state index contributed by atoms with van der Waals surface area (Å²) in [6, 6.07) is 0. The normalized spacial score (nSPS) is 22.4. The lowest BCUT2D eigenvalue weighted by Crippen LogP contribution is -2.03. The Balaban J connectivity index is 2.19. The Labute approximate surface area is 136 Å². The Morgan fingerprint density at radius 2 is 1.82 bits per heavy atom. The highest BCUT2D eigenvalue weighted by Crippen LogP contribution is 2.35. The molecule has 0 saturated heterocycles. The van der Waals surface area contributed by atoms with Gasteiger partial charge in [-0.05, 0) is 63.2 Å². The third kappa shape index (κ3) is 8.86. The van der Waals surface area contributed by atoms with Crippen LogP contribution in [0.2, 0.25) is 0 Å². The molecule has 0 amide bonds. The van der Waals surface area contributed by atoms with E-state index in [2.05, 4.69) is 43.4 Å². The zero-order chi connectivity index (χ0) is 16.0. The zero-order valence-electron chi connectivity index (χ0n) is 14.0. The van der Waals surface area contributed by atoms with Gasteiger partial charge in [0.05, 0.1) is 0 Å². The van der Waals surface area contributed by atoms with Crippen molar-refractivity contribution < 1.29 is 9.90 Å². The van der Waals surface area contributed by atoms with Crippen LogP contribution in [-0.4, -0.2) is 11.1 Å². The number of carbonyl (C=O) groups is 1. The van der Waals surface area contributed by atoms with Crippen LogP contribution in [0, 0.1) is 11.8 Å². The van der Waals surface area contributed by atoms with Crippen LogP contribution >= 0.6 is 0 Å². The summed E-state index contributed by atoms with van der Waals surface area (Å²) in [4.78, 5) is 10.4. The van der Waals surface area contributed by atoms with Crippen LogP contribution in [0.15, 0.2) is 36.5 Å². The minimum atomic E-state index is -0.692. The Hall–Kier alpha value is -1.31. The number of aliphatic carboxylic acids is 1. The molecule has 0 unspecified atom stereocenters. The van der Waals surface area contributed by atoms with Crippen molar-refractivity contribution in [3.05, 3.63) is 36.5 Å². The number of unbranched alkanes of at least 4 members (excludes halogenated alkanes) is 2. The monoisotopic (exact) mass is 304 g/mol. The first-order valence-corrected chi connectivity index (χ1v) is 8.92. The molecule has 0 aromatic carbocycles. The fourth-order valence-electron chi connectivity index (χ4n) is 3.12. The van der Waals surface area contributed by atoms with Crippen molar-refractivity contribution in [3.8, 4) is 0 Å². The van der Waals surface area contributed by atoms with Gasteiger partial charge in [0.25, 0.3) is 0 Å². The molecule has 124 valence electrons. The third-order valence-corrected chi connectivity index (χ3v) is 4.37. The minimum Gasteiger partial charge on any atom is -0.481 e. The van der Waals surface area contributed by atoms with E-state index in [-0.39, 0.29) is 6.42 Å². The first-order chi connectivity index (χ1) is 10.7. The van der Waals surface area contributed by atoms with Gasteiger partial charge in [-0.25, -0.2) is 0 Å². The number of allylic oxidation sites excluding steroid dienone is 6. The van der Waals surface area contributed by atoms with E-state index in [1.807, 2.05) is 0 Å². The van der Waals surface area contributed by atoms with E-state index in [0.29, 0.717) is 0 Å². The Bertz CT molecular complexity index is 379. The van der Waals surface area contributed by atoms with Crippen molar-refractivity contribution in [2.45, 2.75) is 71.1 Å². The molecule has 2 heteroatoms. The molecule has 0 aromatic rings. The summed E-state index contributed by atoms with van der Waals surface area (Å²) in [7, 11) is 0. The Morgan fingerprint density at radius 1 is 1.05 bits per heavy atom. The van der Waals surface area contributed by atoms with E-state index in [0.717, 1.165) is 50.4 Å². The number of hydrogen-bond donors (Lipinski definition) is 1. The average molecular weight is 304 g/mol. The topological polar surface area (TPSA) is 37.3 Å². The number of rotatable bonds is 11. The van der Waals surface area contributed by atoms with Crippen molar-refractivity contribution in [1.29, 1.82) is 0 Å². The van der Waals surface area contributed by atoms with E-state index in [1.165, 1.54) is 19.3 Å². The van der Waals surface area contributed by atoms with Gasteiger partial charge in [0.1, 0.15) is 0 Å². The molecule has 0 radical (unpaired) electrons. The lowest BCUT2D eigenvalue weighted by molar-refractivity contribution is -0.137. The molecule has 0 spiro atoms. The van der Waals surface area contributed by atoms with E-state index < -0.39 is 5.97 Å². The summed E-state index contributed by atoms with van der Waals surface area (Å²) < 4.78 is 0. The van der Waals surface area contributed by atoms with E-state index in [9.17, 15) is 4.79 Å². The maximum Gasteiger partial charge on any atom is 0.303 e. The smallest absolute Gasteiger partial charge is 0.303 e. The van der Waals surface area contributed by atoms with E-state index in [4.69, 9.17) is 5.11 Å². The molecule has 1 saturated carbocycles. The van der Waals surface area contributed by atoms with Gasteiger partial charge in [-0.15, -0.1) is 0 Å². The van der Waals surface area contributed by atoms with Crippen LogP contribution < -0.4 is 0 Å². The summed E-state index contributed by atoms with van der Waals surface area (Å²) in [5, 5.41) is 8.59. The molecular weight excluding hydrogens is 272 g/mol. The maximum absolute atomic E-state index is 10.4. The fourth-order valence-corrected chi connectivity index (χ4v) is 3.12. The molecule has 1 rings (SSSR count). The quantitative estimate of drug-likeness (QED) is 0.381. The van der Waals surface area contributed by atoms with Gasteiger partial charge in [-0.3, -0.25) is 4.79 Å². The number of hydrogen-bond acceptors (Lipinski definition) is 1. The van der Waals surface area contributed by atoms with E-state index in [1.54, 1.807) is 0 Å². The van der Waals surface area contributed by atoms with Gasteiger partial charge in [0, 0.05) is 6.42 Å². The molecule has 22 heavy (non-hydrogen) atoms. The highest BCUT2D eigenvalue weighted by Gasteiger charge is 2.23. The molecule has 2 atom stereocenters. The Morgan fingerprint density at radius 3 is 2.59 bits per heavy atom. The largest absolute Gasteiger partial charge is 0.481 e. The van der Waals surface area contributed by atoms with Crippen LogP contribution in [0.1, 0.15) is 71.1 Å². The van der Waals surface area contributed by atoms with Gasteiger partial charge in [-0.2, -0.15) is 0 Å². The second-order valence-corrected chi connectivity index (χ2v) is 6.23. The van der Waals surface area contributed by atoms with Crippen molar-refractivity contribution in [3.63, 3.8) is 0 Å². The van der Waals surface area contributed by atoms with Crippen molar-refractivity contribution in [2.75, 3.05) is 0 Å². The molecule has 1 fully saturated rings. The number of carboxylic acids is 1. The molecule has 1 aliphatic carbocycles. The van der Waals surface area contributed by atoms with Crippen LogP contribution in [0.5, 0.6) is 0 Å². The fraction of sp³-hybridized carbons (Fsp3) is 0.650. The summed E-state index contributed by atoms with van der Waals surface area (Å²) in [6.07, 6.45) is 24.3. The second kappa shape index (κ2) is 12.3. The molecule has 0 heterocycles. The van der Waals surface area contributed by atoms with Crippen LogP contribution in [0.3, 0.4) is 0 Å². The predicted octanol–water partition coefficient (Wildman–Crippen LogP) is 5.91. The first kappa shape index (κ1) is 18.7. The molecule has 0 bridgehead atoms. The van der Waals surface area contributed by atoms with Gasteiger partial charge < -0.3 is 5.11 Å². The molecule has 1 N–H and O–H groups in total. The van der Waals surface area contributed by atoms with Crippen LogP contribution in [0.25, 0.3) is 0 Å². The van der Waals surface area contributed by atoms with Gasteiger partial charge >= 0.3 is 5.97 Å². The summed E-state index contributed by atoms with van der Waals surface area (Å²) in [5.74, 6) is 0.847. The third-order valence-electron chi connectivity index (χ3n) is 4.37. The zero-order valence-corrected chi connectivity index (χ0v) is 14.0. The molecular formula is C20H32O2. The van der Waals surface area contributed by atoms with Gasteiger partial charge in [0.2, 0.25) is 0 Å². The lowest BCUT2D eigenvalue weighted by atomic mass is 9.92. The predicted molar refractivity (Wildman–Crippen MR) is 93.9 cm³/mol. The van der Waals surface area contributed by atoms with Crippen molar-refractivity contribution in [2.24, 2.45) is 11.8 Å². The lowest BCUT2D eigenvalue weighted by Gasteiger charge is -2.13. The first-order valence-electron chi connectivity index (χ1n) is 8.92. The molecule has 2 nitrogen and oxygen atoms in total. The maximum atomic E-state index is 10.4.